The highest BCUT2D eigenvalue weighted by Gasteiger charge is 2.22. The number of aromatic hydroxyl groups is 1. The van der Waals surface area contributed by atoms with Crippen molar-refractivity contribution in [3.63, 3.8) is 0 Å². The summed E-state index contributed by atoms with van der Waals surface area (Å²) in [5.74, 6) is -0.795. The number of carbonyl (C=O) groups is 2. The molecule has 0 aliphatic carbocycles. The number of phenolic OH excluding ortho intramolecular Hbond substituents is 1. The summed E-state index contributed by atoms with van der Waals surface area (Å²) in [5, 5.41) is 27.0. The molecule has 0 saturated heterocycles. The molecule has 3 aromatic carbocycles. The first kappa shape index (κ1) is 23.9. The second-order valence-electron chi connectivity index (χ2n) is 7.44. The van der Waals surface area contributed by atoms with Gasteiger partial charge in [0.05, 0.1) is 12.6 Å². The number of rotatable bonds is 9. The predicted octanol–water partition coefficient (Wildman–Crippen LogP) is 3.85. The van der Waals surface area contributed by atoms with Gasteiger partial charge >= 0.3 is 0 Å². The lowest BCUT2D eigenvalue weighted by Gasteiger charge is -2.18. The molecule has 0 spiro atoms. The van der Waals surface area contributed by atoms with E-state index in [9.17, 15) is 14.7 Å². The molecular formula is C25H22N6O3. The normalized spacial score (nSPS) is 10.9. The summed E-state index contributed by atoms with van der Waals surface area (Å²) in [7, 11) is 0. The summed E-state index contributed by atoms with van der Waals surface area (Å²) in [6, 6.07) is 21.8. The van der Waals surface area contributed by atoms with E-state index in [1.54, 1.807) is 24.3 Å². The van der Waals surface area contributed by atoms with Crippen LogP contribution < -0.4 is 10.6 Å². The van der Waals surface area contributed by atoms with Gasteiger partial charge in [0.15, 0.2) is 0 Å². The molecule has 0 bridgehead atoms. The second kappa shape index (κ2) is 11.7. The van der Waals surface area contributed by atoms with E-state index in [1.807, 2.05) is 42.5 Å². The lowest BCUT2D eigenvalue weighted by Crippen LogP contribution is -2.48. The van der Waals surface area contributed by atoms with Gasteiger partial charge in [0, 0.05) is 16.9 Å². The maximum atomic E-state index is 12.8. The maximum Gasteiger partial charge on any atom is 0.251 e. The Morgan fingerprint density at radius 3 is 2.15 bits per heavy atom. The molecule has 9 heteroatoms. The van der Waals surface area contributed by atoms with Crippen molar-refractivity contribution in [2.24, 2.45) is 5.11 Å². The number of benzene rings is 3. The molecule has 3 aromatic rings. The Hall–Kier alpha value is -4.80. The van der Waals surface area contributed by atoms with E-state index in [4.69, 9.17) is 10.8 Å². The molecule has 0 radical (unpaired) electrons. The zero-order valence-electron chi connectivity index (χ0n) is 18.2. The van der Waals surface area contributed by atoms with Crippen molar-refractivity contribution in [1.29, 1.82) is 5.26 Å². The van der Waals surface area contributed by atoms with Gasteiger partial charge in [0.1, 0.15) is 18.3 Å². The minimum atomic E-state index is -0.895. The molecule has 3 N–H and O–H groups in total. The summed E-state index contributed by atoms with van der Waals surface area (Å²) < 4.78 is 0. The first-order valence-electron chi connectivity index (χ1n) is 10.4. The van der Waals surface area contributed by atoms with Gasteiger partial charge in [0.2, 0.25) is 5.91 Å². The zero-order chi connectivity index (χ0) is 24.3. The molecule has 0 saturated carbocycles. The monoisotopic (exact) mass is 454 g/mol. The summed E-state index contributed by atoms with van der Waals surface area (Å²) >= 11 is 0. The fourth-order valence-electron chi connectivity index (χ4n) is 3.30. The highest BCUT2D eigenvalue weighted by molar-refractivity contribution is 5.98. The molecule has 9 nitrogen and oxygen atoms in total. The molecular weight excluding hydrogens is 432 g/mol. The van der Waals surface area contributed by atoms with Gasteiger partial charge in [-0.3, -0.25) is 9.59 Å². The van der Waals surface area contributed by atoms with Crippen LogP contribution in [-0.4, -0.2) is 29.5 Å². The van der Waals surface area contributed by atoms with Gasteiger partial charge in [-0.1, -0.05) is 53.6 Å². The van der Waals surface area contributed by atoms with E-state index in [-0.39, 0.29) is 25.3 Å². The van der Waals surface area contributed by atoms with Crippen molar-refractivity contribution in [3.05, 3.63) is 99.9 Å². The van der Waals surface area contributed by atoms with Crippen LogP contribution in [0.15, 0.2) is 77.9 Å². The van der Waals surface area contributed by atoms with Crippen molar-refractivity contribution < 1.29 is 14.7 Å². The Morgan fingerprint density at radius 1 is 0.971 bits per heavy atom. The Bertz CT molecular complexity index is 1230. The number of hydrogen-bond donors (Lipinski definition) is 3. The quantitative estimate of drug-likeness (QED) is 0.195. The van der Waals surface area contributed by atoms with Crippen LogP contribution >= 0.6 is 0 Å². The lowest BCUT2D eigenvalue weighted by atomic mass is 10.0. The largest absolute Gasteiger partial charge is 0.508 e. The Balaban J connectivity index is 1.71. The van der Waals surface area contributed by atoms with E-state index in [0.29, 0.717) is 5.56 Å². The van der Waals surface area contributed by atoms with E-state index >= 15 is 0 Å². The van der Waals surface area contributed by atoms with E-state index in [0.717, 1.165) is 22.3 Å². The molecule has 34 heavy (non-hydrogen) atoms. The number of amides is 2. The van der Waals surface area contributed by atoms with Gasteiger partial charge in [-0.05, 0) is 52.1 Å². The summed E-state index contributed by atoms with van der Waals surface area (Å²) in [6.45, 7) is 0.111. The van der Waals surface area contributed by atoms with Gasteiger partial charge in [-0.2, -0.15) is 5.26 Å². The van der Waals surface area contributed by atoms with Crippen molar-refractivity contribution in [3.8, 4) is 22.9 Å². The number of nitrogens with zero attached hydrogens (tertiary/aromatic N) is 4. The maximum absolute atomic E-state index is 12.8. The average Bonchev–Trinajstić information content (AvgIpc) is 2.87. The molecule has 0 aromatic heterocycles. The van der Waals surface area contributed by atoms with Gasteiger partial charge in [-0.15, -0.1) is 0 Å². The molecule has 0 heterocycles. The highest BCUT2D eigenvalue weighted by atomic mass is 16.3. The fourth-order valence-corrected chi connectivity index (χ4v) is 3.30. The van der Waals surface area contributed by atoms with Crippen LogP contribution in [0.5, 0.6) is 5.75 Å². The number of hydrogen-bond acceptors (Lipinski definition) is 5. The van der Waals surface area contributed by atoms with Crippen LogP contribution in [0.4, 0.5) is 0 Å². The predicted molar refractivity (Wildman–Crippen MR) is 126 cm³/mol. The van der Waals surface area contributed by atoms with E-state index in [2.05, 4.69) is 20.7 Å². The van der Waals surface area contributed by atoms with Crippen LogP contribution in [0.2, 0.25) is 0 Å². The Labute approximate surface area is 196 Å². The first-order valence-corrected chi connectivity index (χ1v) is 10.4. The number of nitriles is 1. The summed E-state index contributed by atoms with van der Waals surface area (Å²) in [6.07, 6.45) is 0.198. The molecule has 0 unspecified atom stereocenters. The molecule has 0 fully saturated rings. The number of carbonyl (C=O) groups excluding carboxylic acids is 2. The van der Waals surface area contributed by atoms with Gasteiger partial charge < -0.3 is 15.7 Å². The zero-order valence-corrected chi connectivity index (χ0v) is 18.2. The fraction of sp³-hybridized carbons (Fsp3) is 0.160. The van der Waals surface area contributed by atoms with Crippen molar-refractivity contribution in [2.45, 2.75) is 19.0 Å². The minimum absolute atomic E-state index is 0.101. The van der Waals surface area contributed by atoms with Gasteiger partial charge in [-0.25, -0.2) is 0 Å². The summed E-state index contributed by atoms with van der Waals surface area (Å²) in [5.41, 5.74) is 12.3. The third kappa shape index (κ3) is 6.60. The number of phenols is 1. The minimum Gasteiger partial charge on any atom is -0.508 e. The third-order valence-corrected chi connectivity index (χ3v) is 5.09. The topological polar surface area (TPSA) is 151 Å². The average molecular weight is 454 g/mol. The van der Waals surface area contributed by atoms with Gasteiger partial charge in [0.25, 0.3) is 5.91 Å². The first-order chi connectivity index (χ1) is 16.5. The van der Waals surface area contributed by atoms with Crippen LogP contribution in [0.25, 0.3) is 21.6 Å². The Kier molecular flexibility index (Phi) is 8.22. The smallest absolute Gasteiger partial charge is 0.251 e. The lowest BCUT2D eigenvalue weighted by molar-refractivity contribution is -0.122. The Morgan fingerprint density at radius 2 is 1.56 bits per heavy atom. The molecule has 1 atom stereocenters. The van der Waals surface area contributed by atoms with Crippen molar-refractivity contribution >= 4 is 11.8 Å². The van der Waals surface area contributed by atoms with Crippen LogP contribution in [-0.2, 0) is 17.8 Å². The van der Waals surface area contributed by atoms with Crippen LogP contribution in [0.3, 0.4) is 0 Å². The standard InChI is InChI=1S/C25H22N6O3/c26-13-14-28-25(34)23(15-17-3-11-22(32)12-4-17)30-24(33)21-9-7-20(8-10-21)19-5-1-18(2-6-19)16-29-31-27/h1-12,23,32H,14-16H2,(H,28,34)(H,30,33)/t23-/m0/s1. The second-order valence-corrected chi connectivity index (χ2v) is 7.44. The van der Waals surface area contributed by atoms with E-state index < -0.39 is 17.9 Å². The van der Waals surface area contributed by atoms with Crippen molar-refractivity contribution in [1.82, 2.24) is 10.6 Å². The van der Waals surface area contributed by atoms with Crippen LogP contribution in [0.1, 0.15) is 21.5 Å². The summed E-state index contributed by atoms with van der Waals surface area (Å²) in [4.78, 5) is 28.1. The molecule has 170 valence electrons. The van der Waals surface area contributed by atoms with Crippen molar-refractivity contribution in [2.75, 3.05) is 6.54 Å². The molecule has 2 amide bonds. The van der Waals surface area contributed by atoms with E-state index in [1.165, 1.54) is 12.1 Å². The van der Waals surface area contributed by atoms with Crippen LogP contribution in [0, 0.1) is 11.3 Å². The molecule has 3 rings (SSSR count). The molecule has 0 aliphatic heterocycles. The molecule has 0 aliphatic rings. The number of azide groups is 1. The third-order valence-electron chi connectivity index (χ3n) is 5.09. The SMILES string of the molecule is N#CCNC(=O)[C@H](Cc1ccc(O)cc1)NC(=O)c1ccc(-c2ccc(CN=[N+]=[N-])cc2)cc1. The highest BCUT2D eigenvalue weighted by Crippen LogP contribution is 2.21. The number of nitrogens with one attached hydrogen (secondary N) is 2.